The number of aryl methyl sites for hydroxylation is 1. The van der Waals surface area contributed by atoms with Crippen molar-refractivity contribution in [2.75, 3.05) is 0 Å². The van der Waals surface area contributed by atoms with E-state index in [1.807, 2.05) is 0 Å². The highest BCUT2D eigenvalue weighted by Crippen LogP contribution is 2.36. The second-order valence-corrected chi connectivity index (χ2v) is 5.23. The molecule has 0 aromatic heterocycles. The lowest BCUT2D eigenvalue weighted by atomic mass is 9.95. The Morgan fingerprint density at radius 2 is 1.80 bits per heavy atom. The van der Waals surface area contributed by atoms with E-state index in [9.17, 15) is 24.8 Å². The fourth-order valence-electron chi connectivity index (χ4n) is 2.35. The lowest BCUT2D eigenvalue weighted by Crippen LogP contribution is -2.09. The van der Waals surface area contributed by atoms with Gasteiger partial charge in [0, 0.05) is 12.5 Å². The number of carbonyl (C=O) groups is 2. The SMILES string of the molecule is CC(=O)Oc1c(C(=O)O)ccc(C)c1-c1ccc(CO[N+](=O)[O-])cc1. The van der Waals surface area contributed by atoms with E-state index >= 15 is 0 Å². The van der Waals surface area contributed by atoms with Crippen LogP contribution in [-0.4, -0.2) is 22.1 Å². The van der Waals surface area contributed by atoms with Gasteiger partial charge in [0.15, 0.2) is 5.75 Å². The lowest BCUT2D eigenvalue weighted by molar-refractivity contribution is -0.763. The molecule has 130 valence electrons. The quantitative estimate of drug-likeness (QED) is 0.370. The molecule has 0 heterocycles. The van der Waals surface area contributed by atoms with Crippen LogP contribution >= 0.6 is 0 Å². The number of carbonyl (C=O) groups excluding carboxylic acids is 1. The third-order valence-corrected chi connectivity index (χ3v) is 3.42. The maximum Gasteiger partial charge on any atom is 0.339 e. The highest BCUT2D eigenvalue weighted by molar-refractivity contribution is 5.96. The average molecular weight is 345 g/mol. The molecule has 0 atom stereocenters. The van der Waals surface area contributed by atoms with Gasteiger partial charge in [-0.05, 0) is 29.7 Å². The van der Waals surface area contributed by atoms with E-state index < -0.39 is 17.0 Å². The number of aromatic carboxylic acids is 1. The van der Waals surface area contributed by atoms with Gasteiger partial charge < -0.3 is 14.7 Å². The number of benzene rings is 2. The van der Waals surface area contributed by atoms with Gasteiger partial charge in [0.05, 0.1) is 0 Å². The molecular formula is C17H15NO7. The van der Waals surface area contributed by atoms with Crippen LogP contribution < -0.4 is 4.74 Å². The fourth-order valence-corrected chi connectivity index (χ4v) is 2.35. The molecule has 0 aliphatic rings. The summed E-state index contributed by atoms with van der Waals surface area (Å²) in [6, 6.07) is 9.53. The largest absolute Gasteiger partial charge is 0.478 e. The van der Waals surface area contributed by atoms with Crippen LogP contribution in [0, 0.1) is 17.0 Å². The van der Waals surface area contributed by atoms with E-state index in [1.54, 1.807) is 37.3 Å². The summed E-state index contributed by atoms with van der Waals surface area (Å²) < 4.78 is 5.15. The molecule has 2 aromatic carbocycles. The molecule has 0 saturated carbocycles. The van der Waals surface area contributed by atoms with Crippen LogP contribution in [0.4, 0.5) is 0 Å². The molecule has 1 N–H and O–H groups in total. The molecule has 8 heteroatoms. The number of rotatable bonds is 6. The third kappa shape index (κ3) is 4.31. The van der Waals surface area contributed by atoms with E-state index in [0.29, 0.717) is 16.7 Å². The van der Waals surface area contributed by atoms with E-state index in [0.717, 1.165) is 5.56 Å². The Morgan fingerprint density at radius 3 is 2.32 bits per heavy atom. The molecule has 0 aliphatic heterocycles. The number of hydrogen-bond acceptors (Lipinski definition) is 6. The first-order valence-electron chi connectivity index (χ1n) is 7.21. The van der Waals surface area contributed by atoms with Crippen molar-refractivity contribution >= 4 is 11.9 Å². The van der Waals surface area contributed by atoms with Gasteiger partial charge in [0.1, 0.15) is 12.2 Å². The monoisotopic (exact) mass is 345 g/mol. The third-order valence-electron chi connectivity index (χ3n) is 3.42. The first-order chi connectivity index (χ1) is 11.8. The van der Waals surface area contributed by atoms with Crippen LogP contribution in [0.2, 0.25) is 0 Å². The van der Waals surface area contributed by atoms with Crippen LogP contribution in [0.3, 0.4) is 0 Å². The summed E-state index contributed by atoms with van der Waals surface area (Å²) in [5, 5.41) is 18.7. The van der Waals surface area contributed by atoms with E-state index in [1.165, 1.54) is 13.0 Å². The van der Waals surface area contributed by atoms with Crippen molar-refractivity contribution in [3.63, 3.8) is 0 Å². The molecule has 8 nitrogen and oxygen atoms in total. The Bertz CT molecular complexity index is 828. The molecule has 2 aromatic rings. The molecule has 0 spiro atoms. The maximum atomic E-state index is 11.4. The number of carboxylic acid groups (broad SMARTS) is 1. The molecular weight excluding hydrogens is 330 g/mol. The first-order valence-corrected chi connectivity index (χ1v) is 7.21. The zero-order valence-corrected chi connectivity index (χ0v) is 13.5. The zero-order chi connectivity index (χ0) is 18.6. The summed E-state index contributed by atoms with van der Waals surface area (Å²) >= 11 is 0. The van der Waals surface area contributed by atoms with Gasteiger partial charge in [-0.2, -0.15) is 0 Å². The van der Waals surface area contributed by atoms with Gasteiger partial charge in [-0.25, -0.2) is 4.79 Å². The van der Waals surface area contributed by atoms with Gasteiger partial charge in [0.25, 0.3) is 5.09 Å². The molecule has 0 amide bonds. The Balaban J connectivity index is 2.50. The van der Waals surface area contributed by atoms with Crippen LogP contribution in [0.1, 0.15) is 28.4 Å². The second-order valence-electron chi connectivity index (χ2n) is 5.23. The lowest BCUT2D eigenvalue weighted by Gasteiger charge is -2.15. The van der Waals surface area contributed by atoms with Gasteiger partial charge in [-0.15, -0.1) is 10.1 Å². The molecule has 0 bridgehead atoms. The summed E-state index contributed by atoms with van der Waals surface area (Å²) in [6.07, 6.45) is 0. The van der Waals surface area contributed by atoms with Gasteiger partial charge in [-0.1, -0.05) is 30.3 Å². The van der Waals surface area contributed by atoms with Crippen molar-refractivity contribution in [3.8, 4) is 16.9 Å². The number of ether oxygens (including phenoxy) is 1. The van der Waals surface area contributed by atoms with Crippen LogP contribution in [0.25, 0.3) is 11.1 Å². The van der Waals surface area contributed by atoms with Crippen molar-refractivity contribution < 1.29 is 29.4 Å². The minimum absolute atomic E-state index is 0.0331. The molecule has 0 unspecified atom stereocenters. The van der Waals surface area contributed by atoms with Gasteiger partial charge >= 0.3 is 11.9 Å². The highest BCUT2D eigenvalue weighted by atomic mass is 16.9. The Morgan fingerprint density at radius 1 is 1.16 bits per heavy atom. The van der Waals surface area contributed by atoms with Crippen molar-refractivity contribution in [3.05, 3.63) is 63.2 Å². The van der Waals surface area contributed by atoms with Crippen molar-refractivity contribution in [2.24, 2.45) is 0 Å². The predicted molar refractivity (Wildman–Crippen MR) is 86.7 cm³/mol. The molecule has 0 saturated heterocycles. The normalized spacial score (nSPS) is 10.2. The maximum absolute atomic E-state index is 11.4. The second kappa shape index (κ2) is 7.43. The Kier molecular flexibility index (Phi) is 5.33. The molecule has 0 aliphatic carbocycles. The molecule has 0 fully saturated rings. The molecule has 0 radical (unpaired) electrons. The topological polar surface area (TPSA) is 116 Å². The predicted octanol–water partition coefficient (Wildman–Crippen LogP) is 2.99. The number of carboxylic acids is 1. The Hall–Kier alpha value is -3.42. The van der Waals surface area contributed by atoms with E-state index in [2.05, 4.69) is 4.84 Å². The first kappa shape index (κ1) is 17.9. The molecule has 25 heavy (non-hydrogen) atoms. The van der Waals surface area contributed by atoms with Crippen molar-refractivity contribution in [1.29, 1.82) is 0 Å². The summed E-state index contributed by atoms with van der Waals surface area (Å²) in [4.78, 5) is 37.4. The minimum atomic E-state index is -1.21. The van der Waals surface area contributed by atoms with Crippen LogP contribution in [0.5, 0.6) is 5.75 Å². The Labute approximate surface area is 142 Å². The van der Waals surface area contributed by atoms with Crippen LogP contribution in [-0.2, 0) is 16.2 Å². The fraction of sp³-hybridized carbons (Fsp3) is 0.176. The summed E-state index contributed by atoms with van der Waals surface area (Å²) in [5.41, 5.74) is 2.24. The highest BCUT2D eigenvalue weighted by Gasteiger charge is 2.20. The van der Waals surface area contributed by atoms with Crippen molar-refractivity contribution in [1.82, 2.24) is 0 Å². The van der Waals surface area contributed by atoms with E-state index in [-0.39, 0.29) is 17.9 Å². The number of hydrogen-bond donors (Lipinski definition) is 1. The standard InChI is InChI=1S/C17H15NO7/c1-10-3-8-14(17(20)21)16(25-11(2)19)15(10)13-6-4-12(5-7-13)9-24-18(22)23/h3-8H,9H2,1-2H3,(H,20,21). The van der Waals surface area contributed by atoms with E-state index in [4.69, 9.17) is 4.74 Å². The van der Waals surface area contributed by atoms with Crippen LogP contribution in [0.15, 0.2) is 36.4 Å². The molecule has 2 rings (SSSR count). The number of nitrogens with zero attached hydrogens (tertiary/aromatic N) is 1. The minimum Gasteiger partial charge on any atom is -0.478 e. The summed E-state index contributed by atoms with van der Waals surface area (Å²) in [6.45, 7) is 2.76. The van der Waals surface area contributed by atoms with Gasteiger partial charge in [-0.3, -0.25) is 4.79 Å². The average Bonchev–Trinajstić information content (AvgIpc) is 2.53. The number of esters is 1. The van der Waals surface area contributed by atoms with Crippen molar-refractivity contribution in [2.45, 2.75) is 20.5 Å². The smallest absolute Gasteiger partial charge is 0.339 e. The van der Waals surface area contributed by atoms with Gasteiger partial charge in [0.2, 0.25) is 0 Å². The summed E-state index contributed by atoms with van der Waals surface area (Å²) in [5.74, 6) is -1.88. The summed E-state index contributed by atoms with van der Waals surface area (Å²) in [7, 11) is 0. The zero-order valence-electron chi connectivity index (χ0n) is 13.5.